The van der Waals surface area contributed by atoms with Crippen LogP contribution in [0.1, 0.15) is 28.4 Å². The number of para-hydroxylation sites is 1. The molecule has 152 valence electrons. The second-order valence-corrected chi connectivity index (χ2v) is 7.97. The number of hydrogen-bond acceptors (Lipinski definition) is 2. The quantitative estimate of drug-likeness (QED) is 0.643. The topological polar surface area (TPSA) is 53.3 Å². The molecule has 0 fully saturated rings. The summed E-state index contributed by atoms with van der Waals surface area (Å²) in [5.74, 6) is -0.425. The molecule has 2 aromatic carbocycles. The molecule has 2 heterocycles. The van der Waals surface area contributed by atoms with Gasteiger partial charge in [0.05, 0.1) is 0 Å². The van der Waals surface area contributed by atoms with Gasteiger partial charge in [-0.3, -0.25) is 14.5 Å². The van der Waals surface area contributed by atoms with Crippen LogP contribution in [0.5, 0.6) is 0 Å². The number of benzene rings is 2. The summed E-state index contributed by atoms with van der Waals surface area (Å²) in [7, 11) is 0. The molecular weight excluding hydrogens is 398 g/mol. The van der Waals surface area contributed by atoms with Gasteiger partial charge in [0, 0.05) is 28.5 Å². The monoisotopic (exact) mass is 420 g/mol. The summed E-state index contributed by atoms with van der Waals surface area (Å²) < 4.78 is 1.83. The van der Waals surface area contributed by atoms with Crippen molar-refractivity contribution in [2.24, 2.45) is 0 Å². The van der Waals surface area contributed by atoms with Gasteiger partial charge in [0.1, 0.15) is 0 Å². The highest BCUT2D eigenvalue weighted by Crippen LogP contribution is 2.35. The van der Waals surface area contributed by atoms with Gasteiger partial charge in [-0.1, -0.05) is 41.9 Å². The molecule has 1 atom stereocenters. The van der Waals surface area contributed by atoms with E-state index >= 15 is 0 Å². The van der Waals surface area contributed by atoms with Crippen LogP contribution >= 0.6 is 11.6 Å². The summed E-state index contributed by atoms with van der Waals surface area (Å²) in [6, 6.07) is 16.1. The Morgan fingerprint density at radius 2 is 1.73 bits per heavy atom. The van der Waals surface area contributed by atoms with Crippen molar-refractivity contribution >= 4 is 34.8 Å². The number of carbonyl (C=O) groups is 2. The summed E-state index contributed by atoms with van der Waals surface area (Å²) in [5.41, 5.74) is 4.87. The minimum atomic E-state index is -0.816. The Kier molecular flexibility index (Phi) is 5.31. The van der Waals surface area contributed by atoms with Crippen LogP contribution in [-0.2, 0) is 16.1 Å². The number of nitrogens with zero attached hydrogens (tertiary/aromatic N) is 2. The number of aromatic nitrogens is 1. The van der Waals surface area contributed by atoms with Gasteiger partial charge >= 0.3 is 0 Å². The number of fused-ring (bicyclic) bond motifs is 1. The Hall–Kier alpha value is -3.18. The van der Waals surface area contributed by atoms with Crippen molar-refractivity contribution in [3.63, 3.8) is 0 Å². The maximum Gasteiger partial charge on any atom is 0.294 e. The third-order valence-corrected chi connectivity index (χ3v) is 5.97. The van der Waals surface area contributed by atoms with Crippen LogP contribution in [-0.4, -0.2) is 11.8 Å². The lowest BCUT2D eigenvalue weighted by Gasteiger charge is -2.33. The van der Waals surface area contributed by atoms with Crippen LogP contribution in [0.15, 0.2) is 60.8 Å². The molecule has 2 amide bonds. The number of pyridine rings is 1. The van der Waals surface area contributed by atoms with Crippen LogP contribution in [0.3, 0.4) is 0 Å². The molecule has 30 heavy (non-hydrogen) atoms. The van der Waals surface area contributed by atoms with Gasteiger partial charge in [-0.25, -0.2) is 0 Å². The molecule has 0 saturated carbocycles. The Morgan fingerprint density at radius 1 is 1.03 bits per heavy atom. The molecular formula is C24H23ClN3O2+. The average molecular weight is 421 g/mol. The van der Waals surface area contributed by atoms with Crippen LogP contribution in [0.4, 0.5) is 11.4 Å². The number of anilines is 2. The normalized spacial score (nSPS) is 15.7. The summed E-state index contributed by atoms with van der Waals surface area (Å²) in [6.45, 7) is 5.93. The molecule has 5 nitrogen and oxygen atoms in total. The first-order valence-corrected chi connectivity index (χ1v) is 10.2. The number of carbonyl (C=O) groups excluding carboxylic acids is 2. The first-order valence-electron chi connectivity index (χ1n) is 9.81. The zero-order valence-electron chi connectivity index (χ0n) is 17.1. The van der Waals surface area contributed by atoms with E-state index in [4.69, 9.17) is 11.6 Å². The molecule has 0 bridgehead atoms. The van der Waals surface area contributed by atoms with Crippen LogP contribution in [0, 0.1) is 20.8 Å². The molecule has 3 aromatic rings. The van der Waals surface area contributed by atoms with Crippen molar-refractivity contribution in [3.05, 3.63) is 88.2 Å². The van der Waals surface area contributed by atoms with E-state index in [1.807, 2.05) is 74.0 Å². The third kappa shape index (κ3) is 3.46. The number of aryl methyl sites for hydroxylation is 2. The Balaban J connectivity index is 1.84. The lowest BCUT2D eigenvalue weighted by molar-refractivity contribution is -0.695. The Bertz CT molecular complexity index is 1140. The third-order valence-electron chi connectivity index (χ3n) is 5.56. The largest absolute Gasteiger partial charge is 0.323 e. The fourth-order valence-electron chi connectivity index (χ4n) is 3.97. The van der Waals surface area contributed by atoms with Gasteiger partial charge < -0.3 is 5.32 Å². The fourth-order valence-corrected chi connectivity index (χ4v) is 4.13. The van der Waals surface area contributed by atoms with Gasteiger partial charge in [-0.15, -0.1) is 0 Å². The van der Waals surface area contributed by atoms with Crippen molar-refractivity contribution in [3.8, 4) is 0 Å². The maximum atomic E-state index is 13.6. The van der Waals surface area contributed by atoms with E-state index in [0.29, 0.717) is 10.7 Å². The Morgan fingerprint density at radius 3 is 2.47 bits per heavy atom. The molecule has 0 saturated heterocycles. The molecule has 0 unspecified atom stereocenters. The van der Waals surface area contributed by atoms with Crippen molar-refractivity contribution in [2.75, 3.05) is 10.2 Å². The Labute approximate surface area is 180 Å². The van der Waals surface area contributed by atoms with E-state index in [2.05, 4.69) is 5.32 Å². The SMILES string of the molecule is Cc1cccc(C)c1NC(=O)[C@H]1c2cccc[n+]2CC(=O)N1c1cccc(Cl)c1C. The summed E-state index contributed by atoms with van der Waals surface area (Å²) in [4.78, 5) is 28.4. The highest BCUT2D eigenvalue weighted by atomic mass is 35.5. The minimum Gasteiger partial charge on any atom is -0.323 e. The van der Waals surface area contributed by atoms with E-state index in [0.717, 1.165) is 28.1 Å². The zero-order valence-corrected chi connectivity index (χ0v) is 17.9. The van der Waals surface area contributed by atoms with Crippen molar-refractivity contribution in [2.45, 2.75) is 33.4 Å². The van der Waals surface area contributed by atoms with E-state index < -0.39 is 6.04 Å². The fraction of sp³-hybridized carbons (Fsp3) is 0.208. The summed E-state index contributed by atoms with van der Waals surface area (Å²) >= 11 is 6.34. The summed E-state index contributed by atoms with van der Waals surface area (Å²) in [5, 5.41) is 3.62. The molecule has 1 aliphatic heterocycles. The van der Waals surface area contributed by atoms with E-state index in [9.17, 15) is 9.59 Å². The minimum absolute atomic E-state index is 0.161. The van der Waals surface area contributed by atoms with Crippen molar-refractivity contribution in [1.29, 1.82) is 0 Å². The predicted molar refractivity (Wildman–Crippen MR) is 118 cm³/mol. The second-order valence-electron chi connectivity index (χ2n) is 7.56. The molecule has 1 N–H and O–H groups in total. The molecule has 4 rings (SSSR count). The molecule has 0 radical (unpaired) electrons. The number of rotatable bonds is 3. The maximum absolute atomic E-state index is 13.6. The lowest BCUT2D eigenvalue weighted by atomic mass is 10.0. The average Bonchev–Trinajstić information content (AvgIpc) is 2.72. The lowest BCUT2D eigenvalue weighted by Crippen LogP contribution is -2.58. The van der Waals surface area contributed by atoms with Crippen molar-refractivity contribution in [1.82, 2.24) is 0 Å². The van der Waals surface area contributed by atoms with E-state index in [-0.39, 0.29) is 18.4 Å². The second kappa shape index (κ2) is 7.92. The summed E-state index contributed by atoms with van der Waals surface area (Å²) in [6.07, 6.45) is 1.83. The van der Waals surface area contributed by atoms with Gasteiger partial charge in [-0.05, 0) is 49.6 Å². The highest BCUT2D eigenvalue weighted by molar-refractivity contribution is 6.31. The van der Waals surface area contributed by atoms with Crippen LogP contribution < -0.4 is 14.8 Å². The first kappa shape index (κ1) is 20.1. The smallest absolute Gasteiger partial charge is 0.294 e. The molecule has 1 aromatic heterocycles. The zero-order chi connectivity index (χ0) is 21.4. The van der Waals surface area contributed by atoms with Gasteiger partial charge in [0.15, 0.2) is 6.20 Å². The highest BCUT2D eigenvalue weighted by Gasteiger charge is 2.44. The van der Waals surface area contributed by atoms with Crippen LogP contribution in [0.25, 0.3) is 0 Å². The molecule has 6 heteroatoms. The van der Waals surface area contributed by atoms with E-state index in [1.54, 1.807) is 17.0 Å². The van der Waals surface area contributed by atoms with Gasteiger partial charge in [0.25, 0.3) is 11.8 Å². The van der Waals surface area contributed by atoms with Crippen LogP contribution in [0.2, 0.25) is 5.02 Å². The van der Waals surface area contributed by atoms with Gasteiger partial charge in [-0.2, -0.15) is 4.57 Å². The molecule has 1 aliphatic rings. The standard InChI is InChI=1S/C24H22ClN3O2/c1-15-8-6-9-16(2)22(15)26-24(30)23-20-11-4-5-13-27(20)14-21(29)28(23)19-12-7-10-18(25)17(19)3/h4-13,23H,14H2,1-3H3/p+1/t23-/m1/s1. The molecule has 0 spiro atoms. The van der Waals surface area contributed by atoms with E-state index in [1.165, 1.54) is 0 Å². The van der Waals surface area contributed by atoms with Gasteiger partial charge in [0.2, 0.25) is 18.3 Å². The predicted octanol–water partition coefficient (Wildman–Crippen LogP) is 4.28. The number of nitrogens with one attached hydrogen (secondary N) is 1. The molecule has 0 aliphatic carbocycles. The number of halogens is 1. The van der Waals surface area contributed by atoms with Crippen molar-refractivity contribution < 1.29 is 14.2 Å². The number of hydrogen-bond donors (Lipinski definition) is 1. The number of amides is 2. The first-order chi connectivity index (χ1) is 14.4.